The van der Waals surface area contributed by atoms with Crippen molar-refractivity contribution in [2.75, 3.05) is 5.32 Å². The van der Waals surface area contributed by atoms with Gasteiger partial charge >= 0.3 is 5.97 Å². The zero-order chi connectivity index (χ0) is 14.0. The van der Waals surface area contributed by atoms with E-state index >= 15 is 0 Å². The van der Waals surface area contributed by atoms with Crippen molar-refractivity contribution >= 4 is 23.1 Å². The minimum atomic E-state index is -1.22. The summed E-state index contributed by atoms with van der Waals surface area (Å²) in [7, 11) is 0. The van der Waals surface area contributed by atoms with Gasteiger partial charge in [0, 0.05) is 11.1 Å². The Balaban J connectivity index is 2.26. The highest BCUT2D eigenvalue weighted by atomic mass is 32.1. The Morgan fingerprint density at radius 1 is 1.47 bits per heavy atom. The standard InChI is InChI=1S/C12H12FN3O2S/c1-6-4-15-11(19-6)7(2)16-10-9(12(17)18)3-8(13)5-14-10/h3-5,7H,1-2H3,(H,14,16)(H,17,18). The third-order valence-corrected chi connectivity index (χ3v) is 3.54. The molecule has 2 rings (SSSR count). The molecule has 100 valence electrons. The van der Waals surface area contributed by atoms with Crippen molar-refractivity contribution in [1.82, 2.24) is 9.97 Å². The van der Waals surface area contributed by atoms with Gasteiger partial charge in [0.15, 0.2) is 0 Å². The first-order valence-corrected chi connectivity index (χ1v) is 6.36. The number of aromatic carboxylic acids is 1. The summed E-state index contributed by atoms with van der Waals surface area (Å²) < 4.78 is 13.0. The zero-order valence-electron chi connectivity index (χ0n) is 10.3. The quantitative estimate of drug-likeness (QED) is 0.901. The number of carboxylic acids is 1. The fourth-order valence-corrected chi connectivity index (χ4v) is 2.33. The number of thiazole rings is 1. The van der Waals surface area contributed by atoms with Gasteiger partial charge in [-0.3, -0.25) is 0 Å². The summed E-state index contributed by atoms with van der Waals surface area (Å²) in [6, 6.07) is 0.743. The van der Waals surface area contributed by atoms with E-state index in [1.807, 2.05) is 13.8 Å². The molecule has 2 aromatic heterocycles. The van der Waals surface area contributed by atoms with E-state index in [1.54, 1.807) is 6.20 Å². The number of hydrogen-bond donors (Lipinski definition) is 2. The highest BCUT2D eigenvalue weighted by Crippen LogP contribution is 2.24. The molecule has 0 aliphatic carbocycles. The second-order valence-electron chi connectivity index (χ2n) is 4.03. The van der Waals surface area contributed by atoms with E-state index in [0.29, 0.717) is 0 Å². The second kappa shape index (κ2) is 5.31. The summed E-state index contributed by atoms with van der Waals surface area (Å²) in [5.74, 6) is -1.77. The van der Waals surface area contributed by atoms with Gasteiger partial charge in [-0.2, -0.15) is 0 Å². The summed E-state index contributed by atoms with van der Waals surface area (Å²) >= 11 is 1.51. The van der Waals surface area contributed by atoms with Gasteiger partial charge in [0.1, 0.15) is 22.2 Å². The van der Waals surface area contributed by atoms with Crippen LogP contribution in [-0.2, 0) is 0 Å². The SMILES string of the molecule is Cc1cnc(C(C)Nc2ncc(F)cc2C(=O)O)s1. The Bertz CT molecular complexity index is 615. The molecule has 0 spiro atoms. The van der Waals surface area contributed by atoms with Crippen LogP contribution in [0.4, 0.5) is 10.2 Å². The van der Waals surface area contributed by atoms with Crippen LogP contribution in [0.3, 0.4) is 0 Å². The average molecular weight is 281 g/mol. The molecule has 0 amide bonds. The number of hydrogen-bond acceptors (Lipinski definition) is 5. The Hall–Kier alpha value is -2.02. The van der Waals surface area contributed by atoms with Crippen molar-refractivity contribution in [3.63, 3.8) is 0 Å². The van der Waals surface area contributed by atoms with Crippen LogP contribution in [0, 0.1) is 12.7 Å². The lowest BCUT2D eigenvalue weighted by molar-refractivity contribution is 0.0697. The largest absolute Gasteiger partial charge is 0.478 e. The summed E-state index contributed by atoms with van der Waals surface area (Å²) in [4.78, 5) is 20.1. The van der Waals surface area contributed by atoms with Gasteiger partial charge in [-0.25, -0.2) is 19.2 Å². The molecule has 7 heteroatoms. The van der Waals surface area contributed by atoms with Crippen LogP contribution in [0.2, 0.25) is 0 Å². The molecular weight excluding hydrogens is 269 g/mol. The molecule has 0 fully saturated rings. The maximum atomic E-state index is 13.0. The third kappa shape index (κ3) is 3.05. The number of anilines is 1. The normalized spacial score (nSPS) is 12.2. The first kappa shape index (κ1) is 13.4. The highest BCUT2D eigenvalue weighted by Gasteiger charge is 2.16. The molecule has 5 nitrogen and oxygen atoms in total. The number of aryl methyl sites for hydroxylation is 1. The number of aromatic nitrogens is 2. The first-order valence-electron chi connectivity index (χ1n) is 5.55. The van der Waals surface area contributed by atoms with E-state index < -0.39 is 11.8 Å². The first-order chi connectivity index (χ1) is 8.97. The number of carbonyl (C=O) groups is 1. The number of pyridine rings is 1. The summed E-state index contributed by atoms with van der Waals surface area (Å²) in [6.45, 7) is 3.78. The number of carboxylic acid groups (broad SMARTS) is 1. The molecule has 0 aromatic carbocycles. The minimum absolute atomic E-state index is 0.134. The van der Waals surface area contributed by atoms with Crippen molar-refractivity contribution in [2.45, 2.75) is 19.9 Å². The van der Waals surface area contributed by atoms with Crippen LogP contribution in [0.15, 0.2) is 18.5 Å². The highest BCUT2D eigenvalue weighted by molar-refractivity contribution is 7.11. The van der Waals surface area contributed by atoms with Crippen molar-refractivity contribution in [1.29, 1.82) is 0 Å². The molecule has 0 radical (unpaired) electrons. The van der Waals surface area contributed by atoms with Gasteiger partial charge in [0.25, 0.3) is 0 Å². The van der Waals surface area contributed by atoms with Crippen LogP contribution in [-0.4, -0.2) is 21.0 Å². The minimum Gasteiger partial charge on any atom is -0.478 e. The van der Waals surface area contributed by atoms with Crippen molar-refractivity contribution in [2.24, 2.45) is 0 Å². The summed E-state index contributed by atoms with van der Waals surface area (Å²) in [5.41, 5.74) is -0.194. The Morgan fingerprint density at radius 3 is 2.79 bits per heavy atom. The van der Waals surface area contributed by atoms with E-state index in [4.69, 9.17) is 5.11 Å². The molecule has 2 aromatic rings. The monoisotopic (exact) mass is 281 g/mol. The second-order valence-corrected chi connectivity index (χ2v) is 5.30. The van der Waals surface area contributed by atoms with Crippen molar-refractivity contribution in [3.8, 4) is 0 Å². The fraction of sp³-hybridized carbons (Fsp3) is 0.250. The van der Waals surface area contributed by atoms with Gasteiger partial charge in [-0.1, -0.05) is 0 Å². The van der Waals surface area contributed by atoms with Gasteiger partial charge in [-0.05, 0) is 19.9 Å². The molecule has 2 heterocycles. The van der Waals surface area contributed by atoms with Crippen LogP contribution >= 0.6 is 11.3 Å². The average Bonchev–Trinajstić information content (AvgIpc) is 2.78. The lowest BCUT2D eigenvalue weighted by Crippen LogP contribution is -2.12. The van der Waals surface area contributed by atoms with Crippen LogP contribution in [0.5, 0.6) is 0 Å². The molecule has 1 atom stereocenters. The number of nitrogens with zero attached hydrogens (tertiary/aromatic N) is 2. The topological polar surface area (TPSA) is 75.1 Å². The van der Waals surface area contributed by atoms with Crippen LogP contribution < -0.4 is 5.32 Å². The third-order valence-electron chi connectivity index (χ3n) is 2.45. The summed E-state index contributed by atoms with van der Waals surface area (Å²) in [6.07, 6.45) is 2.73. The van der Waals surface area contributed by atoms with Crippen LogP contribution in [0.25, 0.3) is 0 Å². The molecule has 0 aliphatic rings. The van der Waals surface area contributed by atoms with Gasteiger partial charge in [0.05, 0.1) is 12.2 Å². The van der Waals surface area contributed by atoms with Gasteiger partial charge in [0.2, 0.25) is 0 Å². The maximum absolute atomic E-state index is 13.0. The smallest absolute Gasteiger partial charge is 0.339 e. The van der Waals surface area contributed by atoms with E-state index in [0.717, 1.165) is 22.1 Å². The zero-order valence-corrected chi connectivity index (χ0v) is 11.2. The van der Waals surface area contributed by atoms with Crippen molar-refractivity contribution < 1.29 is 14.3 Å². The van der Waals surface area contributed by atoms with E-state index in [9.17, 15) is 9.18 Å². The maximum Gasteiger partial charge on any atom is 0.339 e. The Labute approximate surface area is 113 Å². The molecular formula is C12H12FN3O2S. The molecule has 19 heavy (non-hydrogen) atoms. The predicted molar refractivity (Wildman–Crippen MR) is 70.0 cm³/mol. The molecule has 0 saturated carbocycles. The van der Waals surface area contributed by atoms with Crippen molar-refractivity contribution in [3.05, 3.63) is 39.7 Å². The number of nitrogens with one attached hydrogen (secondary N) is 1. The molecule has 0 saturated heterocycles. The molecule has 0 aliphatic heterocycles. The lowest BCUT2D eigenvalue weighted by atomic mass is 10.2. The summed E-state index contributed by atoms with van der Waals surface area (Å²) in [5, 5.41) is 12.8. The molecule has 2 N–H and O–H groups in total. The van der Waals surface area contributed by atoms with Gasteiger partial charge in [-0.15, -0.1) is 11.3 Å². The van der Waals surface area contributed by atoms with Crippen LogP contribution in [0.1, 0.15) is 33.2 Å². The Kier molecular flexibility index (Phi) is 3.75. The van der Waals surface area contributed by atoms with E-state index in [2.05, 4.69) is 15.3 Å². The lowest BCUT2D eigenvalue weighted by Gasteiger charge is -2.13. The van der Waals surface area contributed by atoms with E-state index in [1.165, 1.54) is 11.3 Å². The molecule has 1 unspecified atom stereocenters. The predicted octanol–water partition coefficient (Wildman–Crippen LogP) is 2.86. The molecule has 0 bridgehead atoms. The van der Waals surface area contributed by atoms with Gasteiger partial charge < -0.3 is 10.4 Å². The Morgan fingerprint density at radius 2 is 2.21 bits per heavy atom. The number of rotatable bonds is 4. The van der Waals surface area contributed by atoms with E-state index in [-0.39, 0.29) is 17.4 Å². The fourth-order valence-electron chi connectivity index (χ4n) is 1.56. The number of halogens is 1.